The third kappa shape index (κ3) is 23.4. The van der Waals surface area contributed by atoms with Crippen molar-refractivity contribution in [2.45, 2.75) is 122 Å². The molecule has 0 saturated heterocycles. The third-order valence-corrected chi connectivity index (χ3v) is 4.90. The van der Waals surface area contributed by atoms with E-state index in [4.69, 9.17) is 5.11 Å². The number of allylic oxidation sites excluding steroid dienone is 3. The Morgan fingerprint density at radius 3 is 1.24 bits per heavy atom. The molecule has 1 nitrogen and oxygen atoms in total. The summed E-state index contributed by atoms with van der Waals surface area (Å²) in [6, 6.07) is 0. The second-order valence-electron chi connectivity index (χ2n) is 7.46. The number of hydrogen-bond donors (Lipinski definition) is 1. The van der Waals surface area contributed by atoms with Crippen LogP contribution in [0.15, 0.2) is 24.3 Å². The summed E-state index contributed by atoms with van der Waals surface area (Å²) < 4.78 is 0. The molecule has 0 radical (unpaired) electrons. The lowest BCUT2D eigenvalue weighted by Gasteiger charge is -2.03. The van der Waals surface area contributed by atoms with Crippen LogP contribution in [0.5, 0.6) is 0 Å². The van der Waals surface area contributed by atoms with E-state index in [1.165, 1.54) is 109 Å². The van der Waals surface area contributed by atoms with Crippen molar-refractivity contribution in [3.05, 3.63) is 24.3 Å². The van der Waals surface area contributed by atoms with Crippen LogP contribution in [0, 0.1) is 0 Å². The Morgan fingerprint density at radius 2 is 0.840 bits per heavy atom. The van der Waals surface area contributed by atoms with Gasteiger partial charge in [-0.3, -0.25) is 0 Å². The first-order valence-electron chi connectivity index (χ1n) is 11.3. The predicted molar refractivity (Wildman–Crippen MR) is 114 cm³/mol. The van der Waals surface area contributed by atoms with Crippen LogP contribution in [-0.2, 0) is 0 Å². The maximum Gasteiger partial charge on any atom is 0.0465 e. The van der Waals surface area contributed by atoms with Crippen LogP contribution in [0.3, 0.4) is 0 Å². The summed E-state index contributed by atoms with van der Waals surface area (Å²) in [5.41, 5.74) is 0. The Morgan fingerprint density at radius 1 is 0.480 bits per heavy atom. The molecule has 1 N–H and O–H groups in total. The van der Waals surface area contributed by atoms with Crippen LogP contribution in [0.25, 0.3) is 0 Å². The topological polar surface area (TPSA) is 20.2 Å². The number of hydrogen-bond acceptors (Lipinski definition) is 1. The molecule has 0 aromatic rings. The molecule has 0 aliphatic carbocycles. The monoisotopic (exact) mass is 350 g/mol. The number of aliphatic hydroxyl groups excluding tert-OH is 1. The normalized spacial score (nSPS) is 11.9. The van der Waals surface area contributed by atoms with Crippen LogP contribution in [0.4, 0.5) is 0 Å². The smallest absolute Gasteiger partial charge is 0.0465 e. The zero-order valence-corrected chi connectivity index (χ0v) is 17.2. The highest BCUT2D eigenvalue weighted by Gasteiger charge is 1.94. The van der Waals surface area contributed by atoms with E-state index in [1.54, 1.807) is 0 Å². The largest absolute Gasteiger partial charge is 0.396 e. The molecule has 0 aliphatic heterocycles. The number of unbranched alkanes of at least 4 members (excludes halogenated alkanes) is 16. The molecule has 0 heterocycles. The summed E-state index contributed by atoms with van der Waals surface area (Å²) in [6.07, 6.45) is 33.3. The number of rotatable bonds is 20. The molecule has 0 atom stereocenters. The van der Waals surface area contributed by atoms with Gasteiger partial charge < -0.3 is 5.11 Å². The SMILES string of the molecule is CCCCCCCCCCCCCCCCCC/C=C/C=C/CCO. The van der Waals surface area contributed by atoms with Gasteiger partial charge in [-0.15, -0.1) is 0 Å². The molecule has 0 fully saturated rings. The molecule has 0 spiro atoms. The third-order valence-electron chi connectivity index (χ3n) is 4.90. The van der Waals surface area contributed by atoms with E-state index in [9.17, 15) is 0 Å². The zero-order valence-electron chi connectivity index (χ0n) is 17.2. The van der Waals surface area contributed by atoms with Gasteiger partial charge in [0.1, 0.15) is 0 Å². The van der Waals surface area contributed by atoms with Crippen molar-refractivity contribution in [3.63, 3.8) is 0 Å². The first-order chi connectivity index (χ1) is 12.4. The van der Waals surface area contributed by atoms with Crippen molar-refractivity contribution in [1.29, 1.82) is 0 Å². The Hall–Kier alpha value is -0.560. The Balaban J connectivity index is 3.05. The van der Waals surface area contributed by atoms with E-state index in [2.05, 4.69) is 19.1 Å². The highest BCUT2D eigenvalue weighted by atomic mass is 16.2. The van der Waals surface area contributed by atoms with Gasteiger partial charge in [0.25, 0.3) is 0 Å². The van der Waals surface area contributed by atoms with Crippen molar-refractivity contribution >= 4 is 0 Å². The Kier molecular flexibility index (Phi) is 22.9. The lowest BCUT2D eigenvalue weighted by atomic mass is 10.0. The molecular weight excluding hydrogens is 304 g/mol. The highest BCUT2D eigenvalue weighted by Crippen LogP contribution is 2.14. The molecular formula is C24H46O. The van der Waals surface area contributed by atoms with E-state index in [0.29, 0.717) is 0 Å². The fourth-order valence-electron chi connectivity index (χ4n) is 3.23. The van der Waals surface area contributed by atoms with Crippen LogP contribution in [-0.4, -0.2) is 11.7 Å². The van der Waals surface area contributed by atoms with Gasteiger partial charge in [0, 0.05) is 6.61 Å². The van der Waals surface area contributed by atoms with Gasteiger partial charge >= 0.3 is 0 Å². The van der Waals surface area contributed by atoms with E-state index in [0.717, 1.165) is 6.42 Å². The minimum atomic E-state index is 0.253. The van der Waals surface area contributed by atoms with Crippen molar-refractivity contribution in [2.24, 2.45) is 0 Å². The quantitative estimate of drug-likeness (QED) is 0.173. The van der Waals surface area contributed by atoms with Crippen LogP contribution >= 0.6 is 0 Å². The first kappa shape index (κ1) is 24.4. The fraction of sp³-hybridized carbons (Fsp3) is 0.833. The summed E-state index contributed by atoms with van der Waals surface area (Å²) in [6.45, 7) is 2.54. The van der Waals surface area contributed by atoms with Crippen molar-refractivity contribution in [2.75, 3.05) is 6.61 Å². The number of aliphatic hydroxyl groups is 1. The van der Waals surface area contributed by atoms with Gasteiger partial charge in [-0.25, -0.2) is 0 Å². The zero-order chi connectivity index (χ0) is 18.3. The van der Waals surface area contributed by atoms with Crippen molar-refractivity contribution in [1.82, 2.24) is 0 Å². The maximum absolute atomic E-state index is 8.65. The maximum atomic E-state index is 8.65. The highest BCUT2D eigenvalue weighted by molar-refractivity contribution is 5.02. The fourth-order valence-corrected chi connectivity index (χ4v) is 3.23. The lowest BCUT2D eigenvalue weighted by molar-refractivity contribution is 0.302. The molecule has 0 amide bonds. The first-order valence-corrected chi connectivity index (χ1v) is 11.3. The molecule has 0 aliphatic rings. The van der Waals surface area contributed by atoms with E-state index < -0.39 is 0 Å². The minimum Gasteiger partial charge on any atom is -0.396 e. The van der Waals surface area contributed by atoms with Crippen LogP contribution < -0.4 is 0 Å². The van der Waals surface area contributed by atoms with Gasteiger partial charge in [-0.2, -0.15) is 0 Å². The molecule has 148 valence electrons. The molecule has 0 bridgehead atoms. The van der Waals surface area contributed by atoms with Crippen LogP contribution in [0.1, 0.15) is 122 Å². The van der Waals surface area contributed by atoms with Crippen molar-refractivity contribution in [3.8, 4) is 0 Å². The Bertz CT molecular complexity index is 280. The molecule has 1 heteroatoms. The lowest BCUT2D eigenvalue weighted by Crippen LogP contribution is -1.83. The second kappa shape index (κ2) is 23.4. The molecule has 0 aromatic heterocycles. The van der Waals surface area contributed by atoms with E-state index in [1.807, 2.05) is 12.2 Å². The molecule has 0 unspecified atom stereocenters. The summed E-state index contributed by atoms with van der Waals surface area (Å²) in [7, 11) is 0. The molecule has 0 rings (SSSR count). The van der Waals surface area contributed by atoms with Gasteiger partial charge in [0.05, 0.1) is 0 Å². The van der Waals surface area contributed by atoms with Crippen LogP contribution in [0.2, 0.25) is 0 Å². The van der Waals surface area contributed by atoms with E-state index >= 15 is 0 Å². The van der Waals surface area contributed by atoms with Gasteiger partial charge in [0.2, 0.25) is 0 Å². The minimum absolute atomic E-state index is 0.253. The summed E-state index contributed by atoms with van der Waals surface area (Å²) >= 11 is 0. The summed E-state index contributed by atoms with van der Waals surface area (Å²) in [5.74, 6) is 0. The Labute approximate surface area is 159 Å². The predicted octanol–water partition coefficient (Wildman–Crippen LogP) is 8.13. The average molecular weight is 351 g/mol. The summed E-state index contributed by atoms with van der Waals surface area (Å²) in [4.78, 5) is 0. The molecule has 0 aromatic carbocycles. The molecule has 25 heavy (non-hydrogen) atoms. The molecule has 0 saturated carbocycles. The standard InChI is InChI=1S/C24H46O/c1-2-3-4-5-6-7-8-9-10-11-12-13-14-15-16-17-18-19-20-21-22-23-24-25/h19-22,25H,2-18,23-24H2,1H3/b20-19+,22-21+. The summed E-state index contributed by atoms with van der Waals surface area (Å²) in [5, 5.41) is 8.65. The van der Waals surface area contributed by atoms with Gasteiger partial charge in [0.15, 0.2) is 0 Å². The second-order valence-corrected chi connectivity index (χ2v) is 7.46. The van der Waals surface area contributed by atoms with Crippen molar-refractivity contribution < 1.29 is 5.11 Å². The van der Waals surface area contributed by atoms with E-state index in [-0.39, 0.29) is 6.61 Å². The van der Waals surface area contributed by atoms with Gasteiger partial charge in [-0.1, -0.05) is 128 Å². The van der Waals surface area contributed by atoms with Gasteiger partial charge in [-0.05, 0) is 19.3 Å². The average Bonchev–Trinajstić information content (AvgIpc) is 2.63.